The van der Waals surface area contributed by atoms with Gasteiger partial charge in [0, 0.05) is 37.3 Å². The summed E-state index contributed by atoms with van der Waals surface area (Å²) in [6.07, 6.45) is 0. The minimum absolute atomic E-state index is 0.0831. The average molecular weight is 464 g/mol. The first-order valence-electron chi connectivity index (χ1n) is 9.39. The maximum atomic E-state index is 13.2. The van der Waals surface area contributed by atoms with Crippen LogP contribution < -0.4 is 0 Å². The molecule has 1 aliphatic heterocycles. The number of para-hydroxylation sites is 1. The summed E-state index contributed by atoms with van der Waals surface area (Å²) in [4.78, 5) is 19.2. The number of aryl methyl sites for hydroxylation is 1. The molecule has 4 rings (SSSR count). The second kappa shape index (κ2) is 8.15. The topological polar surface area (TPSA) is 70.6 Å². The Morgan fingerprint density at radius 1 is 0.967 bits per heavy atom. The second-order valence-electron chi connectivity index (χ2n) is 7.08. The fraction of sp³-hybridized carbons (Fsp3) is 0.238. The summed E-state index contributed by atoms with van der Waals surface area (Å²) in [6.45, 7) is 2.72. The van der Waals surface area contributed by atoms with Gasteiger partial charge < -0.3 is 4.90 Å². The molecule has 2 aromatic carbocycles. The summed E-state index contributed by atoms with van der Waals surface area (Å²) in [7, 11) is -3.86. The van der Waals surface area contributed by atoms with E-state index in [9.17, 15) is 13.2 Å². The molecular formula is C21H19Cl2N3O3S. The number of pyridine rings is 1. The van der Waals surface area contributed by atoms with Gasteiger partial charge in [0.1, 0.15) is 4.90 Å². The molecule has 0 unspecified atom stereocenters. The lowest BCUT2D eigenvalue weighted by atomic mass is 10.1. The highest BCUT2D eigenvalue weighted by Gasteiger charge is 2.33. The molecule has 0 aliphatic carbocycles. The van der Waals surface area contributed by atoms with Gasteiger partial charge in [-0.15, -0.1) is 0 Å². The summed E-state index contributed by atoms with van der Waals surface area (Å²) in [5.74, 6) is -0.135. The van der Waals surface area contributed by atoms with Crippen LogP contribution in [0, 0.1) is 6.92 Å². The number of hydrogen-bond donors (Lipinski definition) is 0. The molecule has 1 aromatic heterocycles. The molecule has 1 aliphatic rings. The van der Waals surface area contributed by atoms with E-state index >= 15 is 0 Å². The minimum atomic E-state index is -3.86. The predicted octanol–water partition coefficient (Wildman–Crippen LogP) is 4.00. The average Bonchev–Trinajstić information content (AvgIpc) is 2.72. The summed E-state index contributed by atoms with van der Waals surface area (Å²) in [6, 6.07) is 13.9. The zero-order valence-electron chi connectivity index (χ0n) is 16.2. The maximum absolute atomic E-state index is 13.2. The van der Waals surface area contributed by atoms with Gasteiger partial charge in [-0.3, -0.25) is 9.78 Å². The number of rotatable bonds is 3. The molecule has 1 saturated heterocycles. The summed E-state index contributed by atoms with van der Waals surface area (Å²) in [5, 5.41) is 0.950. The van der Waals surface area contributed by atoms with Crippen molar-refractivity contribution in [2.45, 2.75) is 11.8 Å². The molecule has 0 bridgehead atoms. The molecule has 1 amide bonds. The van der Waals surface area contributed by atoms with Crippen molar-refractivity contribution in [3.63, 3.8) is 0 Å². The Morgan fingerprint density at radius 3 is 2.27 bits per heavy atom. The van der Waals surface area contributed by atoms with Gasteiger partial charge in [0.25, 0.3) is 5.91 Å². The monoisotopic (exact) mass is 463 g/mol. The van der Waals surface area contributed by atoms with Crippen LogP contribution in [-0.2, 0) is 10.0 Å². The third-order valence-corrected chi connectivity index (χ3v) is 7.97. The Kier molecular flexibility index (Phi) is 5.72. The van der Waals surface area contributed by atoms with E-state index in [4.69, 9.17) is 23.2 Å². The predicted molar refractivity (Wildman–Crippen MR) is 118 cm³/mol. The molecule has 0 N–H and O–H groups in total. The highest BCUT2D eigenvalue weighted by molar-refractivity contribution is 7.89. The van der Waals surface area contributed by atoms with Crippen molar-refractivity contribution >= 4 is 50.0 Å². The molecule has 0 saturated carbocycles. The molecule has 30 heavy (non-hydrogen) atoms. The maximum Gasteiger partial charge on any atom is 0.254 e. The lowest BCUT2D eigenvalue weighted by Crippen LogP contribution is -2.50. The van der Waals surface area contributed by atoms with E-state index in [1.54, 1.807) is 17.0 Å². The first kappa shape index (κ1) is 21.1. The van der Waals surface area contributed by atoms with E-state index in [0.29, 0.717) is 5.56 Å². The number of piperazine rings is 1. The van der Waals surface area contributed by atoms with E-state index < -0.39 is 10.0 Å². The second-order valence-corrected chi connectivity index (χ2v) is 9.76. The van der Waals surface area contributed by atoms with E-state index in [0.717, 1.165) is 16.6 Å². The standard InChI is InChI=1S/C21H19Cl2N3O3S/c1-14-13-16(15-5-2-3-8-19(15)24-14)21(27)25-9-11-26(12-10-25)30(28,29)20-17(22)6-4-7-18(20)23/h2-8,13H,9-12H2,1H3. The van der Waals surface area contributed by atoms with Crippen LogP contribution >= 0.6 is 23.2 Å². The third kappa shape index (κ3) is 3.78. The van der Waals surface area contributed by atoms with Crippen LogP contribution in [0.25, 0.3) is 10.9 Å². The van der Waals surface area contributed by atoms with Crippen LogP contribution in [-0.4, -0.2) is 54.7 Å². The Bertz CT molecular complexity index is 1220. The minimum Gasteiger partial charge on any atom is -0.336 e. The fourth-order valence-corrected chi connectivity index (χ4v) is 6.16. The third-order valence-electron chi connectivity index (χ3n) is 5.12. The van der Waals surface area contributed by atoms with Gasteiger partial charge in [-0.25, -0.2) is 8.42 Å². The van der Waals surface area contributed by atoms with Crippen molar-refractivity contribution in [2.75, 3.05) is 26.2 Å². The quantitative estimate of drug-likeness (QED) is 0.588. The number of benzene rings is 2. The zero-order valence-corrected chi connectivity index (χ0v) is 18.5. The van der Waals surface area contributed by atoms with E-state index in [1.807, 2.05) is 31.2 Å². The number of nitrogens with zero attached hydrogens (tertiary/aromatic N) is 3. The van der Waals surface area contributed by atoms with Crippen molar-refractivity contribution in [1.29, 1.82) is 0 Å². The number of halogens is 2. The molecule has 2 heterocycles. The van der Waals surface area contributed by atoms with E-state index in [-0.39, 0.29) is 47.0 Å². The summed E-state index contributed by atoms with van der Waals surface area (Å²) in [5.41, 5.74) is 2.09. The van der Waals surface area contributed by atoms with Gasteiger partial charge in [0.05, 0.1) is 21.1 Å². The molecule has 3 aromatic rings. The van der Waals surface area contributed by atoms with Gasteiger partial charge >= 0.3 is 0 Å². The van der Waals surface area contributed by atoms with Crippen LogP contribution in [0.5, 0.6) is 0 Å². The Hall–Kier alpha value is -2.19. The molecule has 0 spiro atoms. The summed E-state index contributed by atoms with van der Waals surface area (Å²) < 4.78 is 27.4. The number of carbonyl (C=O) groups is 1. The van der Waals surface area contributed by atoms with Gasteiger partial charge in [0.2, 0.25) is 10.0 Å². The highest BCUT2D eigenvalue weighted by atomic mass is 35.5. The van der Waals surface area contributed by atoms with Gasteiger partial charge in [-0.05, 0) is 31.2 Å². The SMILES string of the molecule is Cc1cc(C(=O)N2CCN(S(=O)(=O)c3c(Cl)cccc3Cl)CC2)c2ccccc2n1. The Labute approximate surface area is 185 Å². The Morgan fingerprint density at radius 2 is 1.60 bits per heavy atom. The first-order chi connectivity index (χ1) is 14.3. The van der Waals surface area contributed by atoms with E-state index in [1.165, 1.54) is 16.4 Å². The molecule has 0 radical (unpaired) electrons. The van der Waals surface area contributed by atoms with E-state index in [2.05, 4.69) is 4.98 Å². The van der Waals surface area contributed by atoms with Crippen molar-refractivity contribution in [2.24, 2.45) is 0 Å². The largest absolute Gasteiger partial charge is 0.336 e. The van der Waals surface area contributed by atoms with Gasteiger partial charge in [-0.2, -0.15) is 4.31 Å². The van der Waals surface area contributed by atoms with Crippen molar-refractivity contribution in [3.8, 4) is 0 Å². The molecule has 6 nitrogen and oxygen atoms in total. The molecule has 156 valence electrons. The van der Waals surface area contributed by atoms with Crippen LogP contribution in [0.2, 0.25) is 10.0 Å². The molecular weight excluding hydrogens is 445 g/mol. The van der Waals surface area contributed by atoms with Crippen molar-refractivity contribution in [3.05, 3.63) is 69.8 Å². The number of sulfonamides is 1. The smallest absolute Gasteiger partial charge is 0.254 e. The van der Waals surface area contributed by atoms with Crippen molar-refractivity contribution < 1.29 is 13.2 Å². The lowest BCUT2D eigenvalue weighted by molar-refractivity contribution is 0.0699. The van der Waals surface area contributed by atoms with Gasteiger partial charge in [0.15, 0.2) is 0 Å². The van der Waals surface area contributed by atoms with Crippen LogP contribution in [0.4, 0.5) is 0 Å². The lowest BCUT2D eigenvalue weighted by Gasteiger charge is -2.34. The number of hydrogen-bond acceptors (Lipinski definition) is 4. The molecule has 9 heteroatoms. The number of fused-ring (bicyclic) bond motifs is 1. The summed E-state index contributed by atoms with van der Waals surface area (Å²) >= 11 is 12.2. The zero-order chi connectivity index (χ0) is 21.5. The van der Waals surface area contributed by atoms with Gasteiger partial charge in [-0.1, -0.05) is 47.5 Å². The van der Waals surface area contributed by atoms with Crippen molar-refractivity contribution in [1.82, 2.24) is 14.2 Å². The Balaban J connectivity index is 1.56. The van der Waals surface area contributed by atoms with Crippen LogP contribution in [0.1, 0.15) is 16.1 Å². The number of carbonyl (C=O) groups excluding carboxylic acids is 1. The van der Waals surface area contributed by atoms with Crippen LogP contribution in [0.15, 0.2) is 53.4 Å². The van der Waals surface area contributed by atoms with Crippen LogP contribution in [0.3, 0.4) is 0 Å². The number of amides is 1. The molecule has 1 fully saturated rings. The fourth-order valence-electron chi connectivity index (χ4n) is 3.64. The first-order valence-corrected chi connectivity index (χ1v) is 11.6. The highest BCUT2D eigenvalue weighted by Crippen LogP contribution is 2.32. The normalized spacial score (nSPS) is 15.5. The molecule has 0 atom stereocenters. The number of aromatic nitrogens is 1.